The van der Waals surface area contributed by atoms with Crippen molar-refractivity contribution in [2.24, 2.45) is 15.0 Å². The predicted octanol–water partition coefficient (Wildman–Crippen LogP) is 13.4. The third kappa shape index (κ3) is 9.61. The first-order valence-corrected chi connectivity index (χ1v) is 19.1. The van der Waals surface area contributed by atoms with Crippen LogP contribution in [-0.2, 0) is 6.54 Å². The Morgan fingerprint density at radius 3 is 1.82 bits per heavy atom. The van der Waals surface area contributed by atoms with Gasteiger partial charge < -0.3 is 0 Å². The van der Waals surface area contributed by atoms with Crippen molar-refractivity contribution in [2.45, 2.75) is 6.54 Å². The fraction of sp³-hybridized carbons (Fsp3) is 0.0185. The first-order chi connectivity index (χ1) is 28.2. The third-order valence-electron chi connectivity index (χ3n) is 9.73. The number of nitrogens with zero attached hydrogens (tertiary/aromatic N) is 3. The van der Waals surface area contributed by atoms with Crippen LogP contribution in [0.25, 0.3) is 44.7 Å². The van der Waals surface area contributed by atoms with Crippen LogP contribution in [0.1, 0.15) is 27.8 Å². The van der Waals surface area contributed by atoms with Gasteiger partial charge in [-0.1, -0.05) is 194 Å². The molecule has 57 heavy (non-hydrogen) atoms. The van der Waals surface area contributed by atoms with Crippen molar-refractivity contribution < 1.29 is 0 Å². The number of aliphatic imine (C=N–C) groups is 3. The molecule has 0 unspecified atom stereocenters. The Morgan fingerprint density at radius 1 is 0.491 bits per heavy atom. The van der Waals surface area contributed by atoms with Gasteiger partial charge in [0.1, 0.15) is 0 Å². The average molecular weight is 732 g/mol. The Morgan fingerprint density at radius 2 is 1.11 bits per heavy atom. The molecule has 0 heterocycles. The van der Waals surface area contributed by atoms with E-state index in [-0.39, 0.29) is 0 Å². The van der Waals surface area contributed by atoms with E-state index in [1.54, 1.807) is 0 Å². The summed E-state index contributed by atoms with van der Waals surface area (Å²) >= 11 is 0. The van der Waals surface area contributed by atoms with E-state index < -0.39 is 0 Å². The van der Waals surface area contributed by atoms with Crippen molar-refractivity contribution in [1.82, 2.24) is 0 Å². The minimum atomic E-state index is 0.442. The molecule has 0 bridgehead atoms. The normalized spacial score (nSPS) is 13.1. The lowest BCUT2D eigenvalue weighted by Gasteiger charge is -2.10. The summed E-state index contributed by atoms with van der Waals surface area (Å²) in [7, 11) is 0. The molecule has 3 heteroatoms. The average Bonchev–Trinajstić information content (AvgIpc) is 4.11. The van der Waals surface area contributed by atoms with Crippen molar-refractivity contribution in [1.29, 1.82) is 0 Å². The van der Waals surface area contributed by atoms with Crippen LogP contribution in [-0.4, -0.2) is 18.4 Å². The largest absolute Gasteiger partial charge is 0.261 e. The van der Waals surface area contributed by atoms with Crippen molar-refractivity contribution in [3.63, 3.8) is 0 Å². The second-order valence-electron chi connectivity index (χ2n) is 13.8. The maximum atomic E-state index is 5.16. The summed E-state index contributed by atoms with van der Waals surface area (Å²) in [6, 6.07) is 61.1. The lowest BCUT2D eigenvalue weighted by atomic mass is 9.97. The van der Waals surface area contributed by atoms with Crippen molar-refractivity contribution >= 4 is 40.8 Å². The predicted molar refractivity (Wildman–Crippen MR) is 244 cm³/mol. The van der Waals surface area contributed by atoms with Crippen LogP contribution in [0.3, 0.4) is 0 Å². The minimum absolute atomic E-state index is 0.442. The van der Waals surface area contributed by atoms with Crippen molar-refractivity contribution in [2.75, 3.05) is 0 Å². The summed E-state index contributed by atoms with van der Waals surface area (Å²) in [5.41, 5.74) is 12.1. The molecule has 272 valence electrons. The molecule has 1 aliphatic carbocycles. The van der Waals surface area contributed by atoms with Gasteiger partial charge in [0.05, 0.1) is 6.54 Å². The van der Waals surface area contributed by atoms with E-state index in [0.717, 1.165) is 44.5 Å². The van der Waals surface area contributed by atoms with Crippen LogP contribution < -0.4 is 0 Å². The molecule has 0 fully saturated rings. The Balaban J connectivity index is 1.10. The highest BCUT2D eigenvalue weighted by Gasteiger charge is 2.11. The van der Waals surface area contributed by atoms with E-state index in [2.05, 4.69) is 188 Å². The van der Waals surface area contributed by atoms with Gasteiger partial charge >= 0.3 is 0 Å². The summed E-state index contributed by atoms with van der Waals surface area (Å²) in [5.74, 6) is 1.11. The lowest BCUT2D eigenvalue weighted by molar-refractivity contribution is 1.06. The highest BCUT2D eigenvalue weighted by atomic mass is 15.0. The van der Waals surface area contributed by atoms with Crippen LogP contribution in [0.5, 0.6) is 0 Å². The molecule has 7 aromatic rings. The zero-order valence-corrected chi connectivity index (χ0v) is 31.6. The minimum Gasteiger partial charge on any atom is -0.261 e. The van der Waals surface area contributed by atoms with E-state index >= 15 is 0 Å². The molecule has 3 nitrogen and oxygen atoms in total. The maximum absolute atomic E-state index is 5.16. The Labute approximate surface area is 335 Å². The number of benzene rings is 7. The molecular weight excluding hydrogens is 691 g/mol. The quantitative estimate of drug-likeness (QED) is 0.0722. The number of rotatable bonds is 11. The third-order valence-corrected chi connectivity index (χ3v) is 9.73. The van der Waals surface area contributed by atoms with E-state index in [1.165, 1.54) is 27.5 Å². The fourth-order valence-corrected chi connectivity index (χ4v) is 6.66. The van der Waals surface area contributed by atoms with Crippen LogP contribution in [0.15, 0.2) is 239 Å². The zero-order valence-electron chi connectivity index (χ0n) is 31.6. The second-order valence-corrected chi connectivity index (χ2v) is 13.8. The van der Waals surface area contributed by atoms with Gasteiger partial charge in [-0.2, -0.15) is 0 Å². The van der Waals surface area contributed by atoms with Crippen LogP contribution in [0, 0.1) is 0 Å². The number of hydrogen-bond donors (Lipinski definition) is 0. The summed E-state index contributed by atoms with van der Waals surface area (Å²) in [6.45, 7) is 4.31. The monoisotopic (exact) mass is 731 g/mol. The van der Waals surface area contributed by atoms with Gasteiger partial charge in [-0.25, -0.2) is 9.98 Å². The molecule has 7 aromatic carbocycles. The molecule has 0 atom stereocenters. The van der Waals surface area contributed by atoms with Gasteiger partial charge in [0.25, 0.3) is 0 Å². The first kappa shape index (κ1) is 36.5. The standard InChI is InChI=1S/C54H41N3/c1-55-53(44-22-11-5-12-23-44)57-54(52-27-15-26-47(38-52)45(34-41-28-29-41)24-13-3-8-18-40-16-6-2-7-17-40)56-39-42-19-14-25-46(35-42)49-32-33-50-36-48(30-31-51(50)37-49)43-20-9-4-10-21-43/h2-38H,1,39H2/b13-3+,18-8+,45-24+,56-54?,57-53?. The topological polar surface area (TPSA) is 37.1 Å². The van der Waals surface area contributed by atoms with Crippen LogP contribution >= 0.6 is 0 Å². The van der Waals surface area contributed by atoms with Crippen LogP contribution in [0.4, 0.5) is 0 Å². The van der Waals surface area contributed by atoms with E-state index in [1.807, 2.05) is 48.5 Å². The number of amidine groups is 2. The Bertz CT molecular complexity index is 2740. The molecule has 1 aliphatic rings. The highest BCUT2D eigenvalue weighted by Crippen LogP contribution is 2.30. The molecule has 0 radical (unpaired) electrons. The molecule has 0 saturated heterocycles. The zero-order chi connectivity index (χ0) is 38.7. The number of allylic oxidation sites excluding steroid dienone is 9. The second kappa shape index (κ2) is 17.8. The van der Waals surface area contributed by atoms with Crippen molar-refractivity contribution in [3.05, 3.63) is 252 Å². The smallest absolute Gasteiger partial charge is 0.161 e. The van der Waals surface area contributed by atoms with Crippen molar-refractivity contribution in [3.8, 4) is 22.3 Å². The highest BCUT2D eigenvalue weighted by molar-refractivity contribution is 6.13. The van der Waals surface area contributed by atoms with Gasteiger partial charge in [0.2, 0.25) is 0 Å². The van der Waals surface area contributed by atoms with Gasteiger partial charge in [0, 0.05) is 11.1 Å². The molecule has 0 aromatic heterocycles. The number of fused-ring (bicyclic) bond motifs is 1. The fourth-order valence-electron chi connectivity index (χ4n) is 6.66. The van der Waals surface area contributed by atoms with E-state index in [4.69, 9.17) is 9.98 Å². The number of hydrogen-bond acceptors (Lipinski definition) is 1. The molecular formula is C54H41N3. The Hall–Kier alpha value is -7.49. The Kier molecular flexibility index (Phi) is 11.4. The lowest BCUT2D eigenvalue weighted by Crippen LogP contribution is -2.06. The van der Waals surface area contributed by atoms with Gasteiger partial charge in [-0.05, 0) is 97.9 Å². The van der Waals surface area contributed by atoms with E-state index in [0.29, 0.717) is 18.2 Å². The van der Waals surface area contributed by atoms with E-state index in [9.17, 15) is 0 Å². The molecule has 0 amide bonds. The molecule has 0 N–H and O–H groups in total. The summed E-state index contributed by atoms with van der Waals surface area (Å²) in [4.78, 5) is 14.5. The molecule has 0 saturated carbocycles. The van der Waals surface area contributed by atoms with Gasteiger partial charge in [-0.3, -0.25) is 4.99 Å². The maximum Gasteiger partial charge on any atom is 0.161 e. The van der Waals surface area contributed by atoms with Gasteiger partial charge in [0.15, 0.2) is 11.7 Å². The molecule has 8 rings (SSSR count). The van der Waals surface area contributed by atoms with Gasteiger partial charge in [-0.15, -0.1) is 0 Å². The summed E-state index contributed by atoms with van der Waals surface area (Å²) in [5, 5.41) is 2.42. The molecule has 0 spiro atoms. The first-order valence-electron chi connectivity index (χ1n) is 19.1. The molecule has 0 aliphatic heterocycles. The summed E-state index contributed by atoms with van der Waals surface area (Å²) < 4.78 is 0. The summed E-state index contributed by atoms with van der Waals surface area (Å²) in [6.07, 6.45) is 16.9. The van der Waals surface area contributed by atoms with Crippen LogP contribution in [0.2, 0.25) is 0 Å². The SMILES string of the molecule is C=NC(=NC(=NCc1cccc(-c2ccc3cc(-c4ccccc4)ccc3c2)c1)c1cccc(/C(C=C2C=C2)=C/C=C/C=C/c2ccccc2)c1)c1ccccc1.